The predicted octanol–water partition coefficient (Wildman–Crippen LogP) is 8.28. The Morgan fingerprint density at radius 1 is 0.577 bits per heavy atom. The molecule has 0 fully saturated rings. The van der Waals surface area contributed by atoms with Crippen LogP contribution < -0.4 is 0 Å². The second kappa shape index (κ2) is 12.4. The molecule has 0 aliphatic heterocycles. The van der Waals surface area contributed by atoms with E-state index in [9.17, 15) is 0 Å². The zero-order chi connectivity index (χ0) is 20.3. The summed E-state index contributed by atoms with van der Waals surface area (Å²) in [4.78, 5) is 0. The van der Waals surface area contributed by atoms with Crippen molar-refractivity contribution in [2.24, 2.45) is 5.92 Å². The fraction of sp³-hybridized carbons (Fsp3) is 1.00. The minimum atomic E-state index is -0.468. The van der Waals surface area contributed by atoms with Crippen LogP contribution in [0.3, 0.4) is 0 Å². The van der Waals surface area contributed by atoms with Gasteiger partial charge in [-0.1, -0.05) is 72.1 Å². The van der Waals surface area contributed by atoms with E-state index in [1.54, 1.807) is 0 Å². The molecule has 0 radical (unpaired) electrons. The van der Waals surface area contributed by atoms with E-state index < -0.39 is 5.79 Å². The summed E-state index contributed by atoms with van der Waals surface area (Å²) in [5.41, 5.74) is -0.402. The van der Waals surface area contributed by atoms with Crippen LogP contribution >= 0.6 is 0 Å². The van der Waals surface area contributed by atoms with Gasteiger partial charge in [0.25, 0.3) is 0 Å². The predicted molar refractivity (Wildman–Crippen MR) is 116 cm³/mol. The van der Waals surface area contributed by atoms with Crippen molar-refractivity contribution in [2.75, 3.05) is 0 Å². The Morgan fingerprint density at radius 3 is 1.50 bits per heavy atom. The molecule has 1 atom stereocenters. The monoisotopic (exact) mass is 370 g/mol. The highest BCUT2D eigenvalue weighted by Crippen LogP contribution is 2.41. The van der Waals surface area contributed by atoms with Crippen LogP contribution in [0.15, 0.2) is 0 Å². The Bertz CT molecular complexity index is 319. The first kappa shape index (κ1) is 25.9. The lowest BCUT2D eigenvalue weighted by atomic mass is 9.84. The zero-order valence-electron chi connectivity index (χ0n) is 19.7. The smallest absolute Gasteiger partial charge is 0.172 e. The summed E-state index contributed by atoms with van der Waals surface area (Å²) in [6.45, 7) is 19.8. The Morgan fingerprint density at radius 2 is 1.08 bits per heavy atom. The van der Waals surface area contributed by atoms with E-state index >= 15 is 0 Å². The summed E-state index contributed by atoms with van der Waals surface area (Å²) >= 11 is 0. The molecule has 0 spiro atoms. The van der Waals surface area contributed by atoms with E-state index in [0.29, 0.717) is 5.92 Å². The van der Waals surface area contributed by atoms with E-state index in [1.807, 2.05) is 0 Å². The SMILES string of the molecule is CCCCCCCCC(CCC)C(CCC)(OC(C)(C)C)OC(C)(C)C. The summed E-state index contributed by atoms with van der Waals surface area (Å²) < 4.78 is 13.5. The molecule has 2 heteroatoms. The van der Waals surface area contributed by atoms with Crippen LogP contribution in [0.5, 0.6) is 0 Å². The van der Waals surface area contributed by atoms with Gasteiger partial charge in [-0.25, -0.2) is 0 Å². The molecular formula is C24H50O2. The first-order chi connectivity index (χ1) is 12.0. The molecule has 0 aromatic carbocycles. The number of ether oxygens (including phenoxy) is 2. The molecule has 0 saturated heterocycles. The summed E-state index contributed by atoms with van der Waals surface area (Å²) in [6.07, 6.45) is 13.7. The Balaban J connectivity index is 5.29. The highest BCUT2D eigenvalue weighted by molar-refractivity contribution is 4.85. The molecule has 1 unspecified atom stereocenters. The van der Waals surface area contributed by atoms with Crippen LogP contribution in [0.1, 0.15) is 133 Å². The molecule has 0 N–H and O–H groups in total. The van der Waals surface area contributed by atoms with Gasteiger partial charge in [-0.05, 0) is 54.4 Å². The van der Waals surface area contributed by atoms with Gasteiger partial charge in [-0.3, -0.25) is 0 Å². The number of hydrogen-bond acceptors (Lipinski definition) is 2. The third-order valence-electron chi connectivity index (χ3n) is 4.72. The first-order valence-electron chi connectivity index (χ1n) is 11.4. The molecule has 158 valence electrons. The summed E-state index contributed by atoms with van der Waals surface area (Å²) in [7, 11) is 0. The van der Waals surface area contributed by atoms with Gasteiger partial charge in [0.1, 0.15) is 0 Å². The second-order valence-corrected chi connectivity index (χ2v) is 10.0. The van der Waals surface area contributed by atoms with Crippen LogP contribution in [0, 0.1) is 5.92 Å². The highest BCUT2D eigenvalue weighted by Gasteiger charge is 2.45. The minimum absolute atomic E-state index is 0.201. The Labute approximate surface area is 165 Å². The summed E-state index contributed by atoms with van der Waals surface area (Å²) in [5.74, 6) is 0.00193. The molecule has 0 rings (SSSR count). The van der Waals surface area contributed by atoms with Gasteiger partial charge in [0.15, 0.2) is 5.79 Å². The van der Waals surface area contributed by atoms with Gasteiger partial charge in [-0.15, -0.1) is 0 Å². The molecule has 0 saturated carbocycles. The van der Waals surface area contributed by atoms with Crippen LogP contribution in [0.25, 0.3) is 0 Å². The lowest BCUT2D eigenvalue weighted by Gasteiger charge is -2.48. The zero-order valence-corrected chi connectivity index (χ0v) is 19.7. The molecule has 0 bridgehead atoms. The molecule has 26 heavy (non-hydrogen) atoms. The van der Waals surface area contributed by atoms with Crippen LogP contribution in [-0.2, 0) is 9.47 Å². The van der Waals surface area contributed by atoms with Gasteiger partial charge in [0.2, 0.25) is 0 Å². The summed E-state index contributed by atoms with van der Waals surface area (Å²) in [6, 6.07) is 0. The van der Waals surface area contributed by atoms with Crippen LogP contribution in [0.4, 0.5) is 0 Å². The van der Waals surface area contributed by atoms with Crippen LogP contribution in [-0.4, -0.2) is 17.0 Å². The maximum atomic E-state index is 6.73. The van der Waals surface area contributed by atoms with Crippen molar-refractivity contribution in [2.45, 2.75) is 150 Å². The maximum absolute atomic E-state index is 6.73. The lowest BCUT2D eigenvalue weighted by molar-refractivity contribution is -0.339. The van der Waals surface area contributed by atoms with Gasteiger partial charge in [0, 0.05) is 12.3 Å². The van der Waals surface area contributed by atoms with E-state index in [4.69, 9.17) is 9.47 Å². The largest absolute Gasteiger partial charge is 0.344 e. The molecule has 0 aromatic rings. The van der Waals surface area contributed by atoms with Gasteiger partial charge in [0.05, 0.1) is 11.2 Å². The van der Waals surface area contributed by atoms with Crippen LogP contribution in [0.2, 0.25) is 0 Å². The molecule has 0 amide bonds. The van der Waals surface area contributed by atoms with E-state index in [0.717, 1.165) is 12.8 Å². The molecule has 0 aliphatic carbocycles. The summed E-state index contributed by atoms with van der Waals surface area (Å²) in [5, 5.41) is 0. The molecular weight excluding hydrogens is 320 g/mol. The van der Waals surface area contributed by atoms with Crippen molar-refractivity contribution in [1.82, 2.24) is 0 Å². The molecule has 0 aliphatic rings. The third kappa shape index (κ3) is 11.6. The lowest BCUT2D eigenvalue weighted by Crippen LogP contribution is -2.52. The van der Waals surface area contributed by atoms with Crippen molar-refractivity contribution >= 4 is 0 Å². The quantitative estimate of drug-likeness (QED) is 0.226. The van der Waals surface area contributed by atoms with Gasteiger partial charge < -0.3 is 9.47 Å². The van der Waals surface area contributed by atoms with E-state index in [-0.39, 0.29) is 11.2 Å². The molecule has 0 aromatic heterocycles. The Hall–Kier alpha value is -0.0800. The van der Waals surface area contributed by atoms with Crippen molar-refractivity contribution in [3.63, 3.8) is 0 Å². The van der Waals surface area contributed by atoms with Gasteiger partial charge in [-0.2, -0.15) is 0 Å². The van der Waals surface area contributed by atoms with Crippen molar-refractivity contribution < 1.29 is 9.47 Å². The van der Waals surface area contributed by atoms with Crippen molar-refractivity contribution in [3.05, 3.63) is 0 Å². The van der Waals surface area contributed by atoms with Crippen molar-refractivity contribution in [3.8, 4) is 0 Å². The van der Waals surface area contributed by atoms with E-state index in [1.165, 1.54) is 57.8 Å². The second-order valence-electron chi connectivity index (χ2n) is 10.0. The van der Waals surface area contributed by atoms with Crippen molar-refractivity contribution in [1.29, 1.82) is 0 Å². The standard InChI is InChI=1S/C24H50O2/c1-10-13-14-15-16-17-19-21(18-11-2)24(20-12-3,25-22(4,5)6)26-23(7,8)9/h21H,10-20H2,1-9H3. The number of unbranched alkanes of at least 4 members (excludes halogenated alkanes) is 5. The van der Waals surface area contributed by atoms with Gasteiger partial charge >= 0.3 is 0 Å². The normalized spacial score (nSPS) is 14.7. The average Bonchev–Trinajstić information content (AvgIpc) is 2.46. The maximum Gasteiger partial charge on any atom is 0.172 e. The topological polar surface area (TPSA) is 18.5 Å². The molecule has 0 heterocycles. The number of rotatable bonds is 14. The fourth-order valence-electron chi connectivity index (χ4n) is 3.98. The fourth-order valence-corrected chi connectivity index (χ4v) is 3.98. The third-order valence-corrected chi connectivity index (χ3v) is 4.72. The first-order valence-corrected chi connectivity index (χ1v) is 11.4. The molecule has 2 nitrogen and oxygen atoms in total. The Kier molecular flexibility index (Phi) is 12.4. The average molecular weight is 371 g/mol. The minimum Gasteiger partial charge on any atom is -0.344 e. The van der Waals surface area contributed by atoms with E-state index in [2.05, 4.69) is 62.3 Å². The number of hydrogen-bond donors (Lipinski definition) is 0. The highest BCUT2D eigenvalue weighted by atomic mass is 16.7.